The van der Waals surface area contributed by atoms with Crippen molar-refractivity contribution in [1.29, 1.82) is 0 Å². The fraction of sp³-hybridized carbons (Fsp3) is 0.278. The van der Waals surface area contributed by atoms with Crippen molar-refractivity contribution >= 4 is 29.0 Å². The number of rotatable bonds is 6. The number of aromatic nitrogens is 3. The summed E-state index contributed by atoms with van der Waals surface area (Å²) >= 11 is 3.39. The average molecular weight is 373 g/mol. The molecular formula is C18H20N4OS2. The van der Waals surface area contributed by atoms with Crippen molar-refractivity contribution in [3.8, 4) is 0 Å². The van der Waals surface area contributed by atoms with Crippen LogP contribution >= 0.6 is 23.1 Å². The van der Waals surface area contributed by atoms with E-state index in [4.69, 9.17) is 0 Å². The van der Waals surface area contributed by atoms with E-state index < -0.39 is 0 Å². The number of nitrogens with zero attached hydrogens (tertiary/aromatic N) is 4. The summed E-state index contributed by atoms with van der Waals surface area (Å²) in [4.78, 5) is 18.7. The normalized spacial score (nSPS) is 10.8. The Labute approximate surface area is 155 Å². The topological polar surface area (TPSA) is 51.0 Å². The van der Waals surface area contributed by atoms with Crippen LogP contribution in [0, 0.1) is 6.92 Å². The molecule has 0 aliphatic heterocycles. The van der Waals surface area contributed by atoms with E-state index in [1.165, 1.54) is 5.56 Å². The molecule has 0 N–H and O–H groups in total. The SMILES string of the molecule is Cc1csc(SCc2ccc(C(=O)N(C)Cc3cnn(C)c3)cc2)n1. The molecule has 7 heteroatoms. The predicted molar refractivity (Wildman–Crippen MR) is 102 cm³/mol. The van der Waals surface area contributed by atoms with E-state index in [2.05, 4.69) is 15.5 Å². The number of thiazole rings is 1. The maximum absolute atomic E-state index is 12.5. The van der Waals surface area contributed by atoms with Crippen LogP contribution in [0.15, 0.2) is 46.4 Å². The number of thioether (sulfide) groups is 1. The van der Waals surface area contributed by atoms with E-state index in [9.17, 15) is 4.79 Å². The van der Waals surface area contributed by atoms with Gasteiger partial charge in [-0.1, -0.05) is 23.9 Å². The van der Waals surface area contributed by atoms with Crippen LogP contribution in [0.25, 0.3) is 0 Å². The number of hydrogen-bond acceptors (Lipinski definition) is 5. The van der Waals surface area contributed by atoms with E-state index >= 15 is 0 Å². The summed E-state index contributed by atoms with van der Waals surface area (Å²) in [6.07, 6.45) is 3.70. The lowest BCUT2D eigenvalue weighted by Crippen LogP contribution is -2.26. The van der Waals surface area contributed by atoms with Crippen LogP contribution in [0.2, 0.25) is 0 Å². The van der Waals surface area contributed by atoms with Crippen molar-refractivity contribution in [3.05, 3.63) is 64.4 Å². The number of aryl methyl sites for hydroxylation is 2. The minimum atomic E-state index is 0.0126. The Morgan fingerprint density at radius 3 is 2.64 bits per heavy atom. The van der Waals surface area contributed by atoms with Crippen molar-refractivity contribution in [3.63, 3.8) is 0 Å². The van der Waals surface area contributed by atoms with Gasteiger partial charge in [0.15, 0.2) is 0 Å². The van der Waals surface area contributed by atoms with E-state index in [-0.39, 0.29) is 5.91 Å². The van der Waals surface area contributed by atoms with Crippen LogP contribution in [0.1, 0.15) is 27.2 Å². The van der Waals surface area contributed by atoms with Gasteiger partial charge in [-0.15, -0.1) is 11.3 Å². The van der Waals surface area contributed by atoms with Crippen LogP contribution in [-0.2, 0) is 19.3 Å². The lowest BCUT2D eigenvalue weighted by atomic mass is 10.1. The van der Waals surface area contributed by atoms with Gasteiger partial charge >= 0.3 is 0 Å². The van der Waals surface area contributed by atoms with Gasteiger partial charge in [0, 0.05) is 54.8 Å². The molecule has 1 amide bonds. The fourth-order valence-electron chi connectivity index (χ4n) is 2.41. The number of carbonyl (C=O) groups excluding carboxylic acids is 1. The second kappa shape index (κ2) is 7.84. The lowest BCUT2D eigenvalue weighted by Gasteiger charge is -2.16. The van der Waals surface area contributed by atoms with Gasteiger partial charge < -0.3 is 4.90 Å². The van der Waals surface area contributed by atoms with Gasteiger partial charge in [0.1, 0.15) is 4.34 Å². The van der Waals surface area contributed by atoms with Crippen molar-refractivity contribution in [2.45, 2.75) is 23.6 Å². The molecule has 130 valence electrons. The molecule has 0 saturated carbocycles. The predicted octanol–water partition coefficient (Wildman–Crippen LogP) is 3.75. The van der Waals surface area contributed by atoms with Crippen LogP contribution in [-0.4, -0.2) is 32.6 Å². The molecule has 0 spiro atoms. The van der Waals surface area contributed by atoms with Gasteiger partial charge in [-0.3, -0.25) is 9.48 Å². The second-order valence-electron chi connectivity index (χ2n) is 5.92. The van der Waals surface area contributed by atoms with E-state index in [1.807, 2.05) is 51.5 Å². The summed E-state index contributed by atoms with van der Waals surface area (Å²) in [6.45, 7) is 2.55. The smallest absolute Gasteiger partial charge is 0.253 e. The Morgan fingerprint density at radius 1 is 1.28 bits per heavy atom. The van der Waals surface area contributed by atoms with Gasteiger partial charge in [-0.05, 0) is 24.6 Å². The molecule has 0 aliphatic rings. The first-order valence-electron chi connectivity index (χ1n) is 7.88. The van der Waals surface area contributed by atoms with Gasteiger partial charge in [-0.2, -0.15) is 5.10 Å². The highest BCUT2D eigenvalue weighted by Crippen LogP contribution is 2.26. The standard InChI is InChI=1S/C18H20N4OS2/c1-13-11-24-18(20-13)25-12-14-4-6-16(7-5-14)17(23)21(2)9-15-8-19-22(3)10-15/h4-8,10-11H,9,12H2,1-3H3. The lowest BCUT2D eigenvalue weighted by molar-refractivity contribution is 0.0785. The molecule has 3 rings (SSSR count). The average Bonchev–Trinajstić information content (AvgIpc) is 3.21. The van der Waals surface area contributed by atoms with E-state index in [1.54, 1.807) is 38.9 Å². The third-order valence-corrected chi connectivity index (χ3v) is 5.90. The molecule has 0 unspecified atom stereocenters. The minimum absolute atomic E-state index is 0.0126. The molecule has 0 aliphatic carbocycles. The van der Waals surface area contributed by atoms with Gasteiger partial charge in [0.05, 0.1) is 6.20 Å². The molecule has 2 heterocycles. The number of hydrogen-bond donors (Lipinski definition) is 0. The summed E-state index contributed by atoms with van der Waals surface area (Å²) in [5.41, 5.74) is 3.96. The fourth-order valence-corrected chi connectivity index (χ4v) is 4.21. The molecule has 0 radical (unpaired) electrons. The Kier molecular flexibility index (Phi) is 5.55. The van der Waals surface area contributed by atoms with E-state index in [0.29, 0.717) is 12.1 Å². The first-order chi connectivity index (χ1) is 12.0. The third-order valence-electron chi connectivity index (χ3n) is 3.69. The quantitative estimate of drug-likeness (QED) is 0.619. The van der Waals surface area contributed by atoms with Crippen LogP contribution in [0.3, 0.4) is 0 Å². The van der Waals surface area contributed by atoms with Gasteiger partial charge in [0.2, 0.25) is 0 Å². The zero-order valence-corrected chi connectivity index (χ0v) is 16.1. The molecule has 1 aromatic carbocycles. The molecule has 0 bridgehead atoms. The summed E-state index contributed by atoms with van der Waals surface area (Å²) in [7, 11) is 3.68. The maximum atomic E-state index is 12.5. The Balaban J connectivity index is 1.58. The molecule has 5 nitrogen and oxygen atoms in total. The van der Waals surface area contributed by atoms with Crippen LogP contribution < -0.4 is 0 Å². The molecule has 3 aromatic rings. The first kappa shape index (κ1) is 17.7. The summed E-state index contributed by atoms with van der Waals surface area (Å²) in [5, 5.41) is 6.19. The number of amides is 1. The summed E-state index contributed by atoms with van der Waals surface area (Å²) < 4.78 is 2.82. The van der Waals surface area contributed by atoms with Crippen molar-refractivity contribution < 1.29 is 4.79 Å². The molecule has 0 saturated heterocycles. The zero-order valence-electron chi connectivity index (χ0n) is 14.5. The number of carbonyl (C=O) groups is 1. The van der Waals surface area contributed by atoms with Crippen molar-refractivity contribution in [1.82, 2.24) is 19.7 Å². The second-order valence-corrected chi connectivity index (χ2v) is 8.00. The molecule has 25 heavy (non-hydrogen) atoms. The van der Waals surface area contributed by atoms with Crippen LogP contribution in [0.5, 0.6) is 0 Å². The molecular weight excluding hydrogens is 352 g/mol. The molecule has 0 fully saturated rings. The highest BCUT2D eigenvalue weighted by Gasteiger charge is 2.13. The minimum Gasteiger partial charge on any atom is -0.337 e. The third kappa shape index (κ3) is 4.70. The maximum Gasteiger partial charge on any atom is 0.253 e. The molecule has 0 atom stereocenters. The number of benzene rings is 1. The highest BCUT2D eigenvalue weighted by atomic mass is 32.2. The monoisotopic (exact) mass is 372 g/mol. The van der Waals surface area contributed by atoms with Gasteiger partial charge in [0.25, 0.3) is 5.91 Å². The Morgan fingerprint density at radius 2 is 2.04 bits per heavy atom. The largest absolute Gasteiger partial charge is 0.337 e. The summed E-state index contributed by atoms with van der Waals surface area (Å²) in [5.74, 6) is 0.867. The Bertz CT molecular complexity index is 854. The van der Waals surface area contributed by atoms with Crippen molar-refractivity contribution in [2.75, 3.05) is 7.05 Å². The summed E-state index contributed by atoms with van der Waals surface area (Å²) in [6, 6.07) is 7.81. The van der Waals surface area contributed by atoms with E-state index in [0.717, 1.165) is 21.3 Å². The zero-order chi connectivity index (χ0) is 17.8. The first-order valence-corrected chi connectivity index (χ1v) is 9.74. The molecule has 2 aromatic heterocycles. The van der Waals surface area contributed by atoms with Gasteiger partial charge in [-0.25, -0.2) is 4.98 Å². The Hall–Kier alpha value is -2.12. The van der Waals surface area contributed by atoms with Crippen LogP contribution in [0.4, 0.5) is 0 Å². The highest BCUT2D eigenvalue weighted by molar-refractivity contribution is 8.00. The van der Waals surface area contributed by atoms with Crippen molar-refractivity contribution in [2.24, 2.45) is 7.05 Å².